The number of nitrogens with one attached hydrogen (secondary N) is 1. The first-order valence-corrected chi connectivity index (χ1v) is 14.8. The van der Waals surface area contributed by atoms with Crippen LogP contribution in [0, 0.1) is 0 Å². The summed E-state index contributed by atoms with van der Waals surface area (Å²) in [6.07, 6.45) is 2.94. The number of nitrogens with zero attached hydrogens (tertiary/aromatic N) is 2. The molecular weight excluding hydrogens is 537 g/mol. The number of aryl methyl sites for hydroxylation is 1. The summed E-state index contributed by atoms with van der Waals surface area (Å²) in [6.45, 7) is 8.28. The highest BCUT2D eigenvalue weighted by Crippen LogP contribution is 2.35. The predicted molar refractivity (Wildman–Crippen MR) is 165 cm³/mol. The molecule has 9 heteroatoms. The molecule has 1 aliphatic rings. The van der Waals surface area contributed by atoms with E-state index < -0.39 is 17.7 Å². The number of halogens is 1. The van der Waals surface area contributed by atoms with Crippen LogP contribution in [0.25, 0.3) is 10.9 Å². The highest BCUT2D eigenvalue weighted by Gasteiger charge is 2.30. The summed E-state index contributed by atoms with van der Waals surface area (Å²) in [7, 11) is 7.58. The van der Waals surface area contributed by atoms with Gasteiger partial charge in [0.05, 0.1) is 0 Å². The number of ether oxygens (including phenoxy) is 2. The summed E-state index contributed by atoms with van der Waals surface area (Å²) < 4.78 is 13.2. The van der Waals surface area contributed by atoms with E-state index in [4.69, 9.17) is 28.9 Å². The number of carbonyl (C=O) groups is 2. The third-order valence-corrected chi connectivity index (χ3v) is 7.78. The van der Waals surface area contributed by atoms with Crippen LogP contribution in [0.5, 0.6) is 0 Å². The van der Waals surface area contributed by atoms with Gasteiger partial charge in [-0.1, -0.05) is 47.4 Å². The van der Waals surface area contributed by atoms with Gasteiger partial charge in [-0.2, -0.15) is 0 Å². The quantitative estimate of drug-likeness (QED) is 0.260. The van der Waals surface area contributed by atoms with Gasteiger partial charge in [0.1, 0.15) is 13.4 Å². The number of alkyl carbamates (subject to hydrolysis) is 1. The fraction of sp³-hybridized carbons (Fsp3) is 0.500. The van der Waals surface area contributed by atoms with E-state index in [1.165, 1.54) is 5.69 Å². The van der Waals surface area contributed by atoms with Crippen LogP contribution in [0.4, 0.5) is 4.79 Å². The van der Waals surface area contributed by atoms with Crippen molar-refractivity contribution in [3.05, 3.63) is 64.8 Å². The zero-order valence-corrected chi connectivity index (χ0v) is 25.4. The average molecular weight is 578 g/mol. The molecule has 0 saturated carbocycles. The number of benzene rings is 2. The molecule has 2 aromatic carbocycles. The number of fused-ring (bicyclic) bond motifs is 1. The van der Waals surface area contributed by atoms with Crippen molar-refractivity contribution in [2.75, 3.05) is 26.8 Å². The minimum atomic E-state index is -0.634. The monoisotopic (exact) mass is 577 g/mol. The minimum absolute atomic E-state index is 0.0197. The fourth-order valence-corrected chi connectivity index (χ4v) is 5.82. The Hall–Kier alpha value is -2.97. The lowest BCUT2D eigenvalue weighted by atomic mass is 9.92. The Morgan fingerprint density at radius 3 is 2.63 bits per heavy atom. The molecule has 0 bridgehead atoms. The Kier molecular flexibility index (Phi) is 10.4. The number of hydrogen-bond donors (Lipinski definition) is 1. The van der Waals surface area contributed by atoms with Crippen LogP contribution < -0.4 is 10.8 Å². The van der Waals surface area contributed by atoms with Gasteiger partial charge in [0.2, 0.25) is 5.91 Å². The third-order valence-electron chi connectivity index (χ3n) is 7.45. The predicted octanol–water partition coefficient (Wildman–Crippen LogP) is 5.36. The first-order chi connectivity index (χ1) is 19.5. The zero-order chi connectivity index (χ0) is 29.6. The van der Waals surface area contributed by atoms with Crippen molar-refractivity contribution in [1.29, 1.82) is 0 Å². The molecule has 1 saturated heterocycles. The molecule has 0 spiro atoms. The summed E-state index contributed by atoms with van der Waals surface area (Å²) >= 11 is 6.58. The minimum Gasteiger partial charge on any atom is -0.444 e. The highest BCUT2D eigenvalue weighted by atomic mass is 35.5. The van der Waals surface area contributed by atoms with E-state index in [2.05, 4.69) is 22.0 Å². The Morgan fingerprint density at radius 2 is 1.93 bits per heavy atom. The summed E-state index contributed by atoms with van der Waals surface area (Å²) in [5, 5.41) is 4.71. The molecule has 3 aromatic rings. The Labute approximate surface area is 249 Å². The molecule has 4 rings (SSSR count). The van der Waals surface area contributed by atoms with Crippen molar-refractivity contribution in [3.8, 4) is 0 Å². The van der Waals surface area contributed by atoms with Crippen molar-refractivity contribution in [1.82, 2.24) is 14.8 Å². The lowest BCUT2D eigenvalue weighted by Crippen LogP contribution is -2.46. The van der Waals surface area contributed by atoms with Crippen molar-refractivity contribution >= 4 is 47.8 Å². The average Bonchev–Trinajstić information content (AvgIpc) is 3.29. The van der Waals surface area contributed by atoms with E-state index in [-0.39, 0.29) is 18.2 Å². The number of piperidine rings is 1. The molecule has 7 nitrogen and oxygen atoms in total. The van der Waals surface area contributed by atoms with Crippen LogP contribution in [0.2, 0.25) is 5.02 Å². The number of amides is 2. The molecule has 218 valence electrons. The van der Waals surface area contributed by atoms with Gasteiger partial charge >= 0.3 is 6.09 Å². The van der Waals surface area contributed by atoms with Gasteiger partial charge in [0.15, 0.2) is 0 Å². The Balaban J connectivity index is 1.51. The van der Waals surface area contributed by atoms with E-state index in [0.717, 1.165) is 47.3 Å². The van der Waals surface area contributed by atoms with Gasteiger partial charge < -0.3 is 24.3 Å². The molecule has 1 fully saturated rings. The smallest absolute Gasteiger partial charge is 0.407 e. The molecule has 2 radical (unpaired) electrons. The molecule has 2 heterocycles. The summed E-state index contributed by atoms with van der Waals surface area (Å²) in [5.41, 5.74) is 3.33. The second kappa shape index (κ2) is 13.8. The molecular formula is C32H41BClN3O4. The first kappa shape index (κ1) is 31.0. The van der Waals surface area contributed by atoms with Crippen molar-refractivity contribution < 1.29 is 19.1 Å². The standard InChI is InChI=1S/C32H41BClN3O4/c1-32(2,3)41-31(39)35-25(18-22-11-13-24(33)14-12-22)19-30(38)36-15-6-8-23(21-36)29-20-26-27(34)9-5-10-28(26)37(29)16-7-17-40-4/h5,9-14,20,23,25H,6-8,15-19,21H2,1-4H3,(H,35,39)/t23?,25-/m1/s1. The van der Waals surface area contributed by atoms with E-state index in [0.29, 0.717) is 31.6 Å². The molecule has 41 heavy (non-hydrogen) atoms. The van der Waals surface area contributed by atoms with Gasteiger partial charge in [-0.05, 0) is 70.2 Å². The van der Waals surface area contributed by atoms with Crippen LogP contribution in [-0.4, -0.2) is 67.8 Å². The lowest BCUT2D eigenvalue weighted by Gasteiger charge is -2.34. The molecule has 1 aliphatic heterocycles. The van der Waals surface area contributed by atoms with Crippen LogP contribution in [-0.2, 0) is 27.2 Å². The van der Waals surface area contributed by atoms with Crippen LogP contribution >= 0.6 is 11.6 Å². The molecule has 1 N–H and O–H groups in total. The van der Waals surface area contributed by atoms with Crippen molar-refractivity contribution in [3.63, 3.8) is 0 Å². The molecule has 1 aromatic heterocycles. The van der Waals surface area contributed by atoms with Gasteiger partial charge in [0.25, 0.3) is 0 Å². The maximum atomic E-state index is 13.7. The number of rotatable bonds is 10. The van der Waals surface area contributed by atoms with Crippen molar-refractivity contribution in [2.45, 2.75) is 77.0 Å². The second-order valence-electron chi connectivity index (χ2n) is 11.9. The van der Waals surface area contributed by atoms with Gasteiger partial charge in [0, 0.05) is 73.4 Å². The summed E-state index contributed by atoms with van der Waals surface area (Å²) in [5.74, 6) is 0.208. The maximum absolute atomic E-state index is 13.7. The number of aromatic nitrogens is 1. The van der Waals surface area contributed by atoms with E-state index in [1.54, 1.807) is 7.11 Å². The lowest BCUT2D eigenvalue weighted by molar-refractivity contribution is -0.132. The molecule has 1 unspecified atom stereocenters. The van der Waals surface area contributed by atoms with Gasteiger partial charge in [-0.3, -0.25) is 4.79 Å². The number of hydrogen-bond acceptors (Lipinski definition) is 4. The summed E-state index contributed by atoms with van der Waals surface area (Å²) in [6, 6.07) is 15.3. The molecule has 0 aliphatic carbocycles. The topological polar surface area (TPSA) is 72.8 Å². The Bertz CT molecular complexity index is 1340. The SMILES string of the molecule is [B]c1ccc(C[C@H](CC(=O)N2CCCC(c3cc4c(Cl)cccc4n3CCCOC)C2)NC(=O)OC(C)(C)C)cc1. The number of carbonyl (C=O) groups excluding carboxylic acids is 2. The first-order valence-electron chi connectivity index (χ1n) is 14.4. The van der Waals surface area contributed by atoms with Gasteiger partial charge in [-0.15, -0.1) is 0 Å². The van der Waals surface area contributed by atoms with Crippen molar-refractivity contribution in [2.24, 2.45) is 0 Å². The normalized spacial score (nSPS) is 16.5. The Morgan fingerprint density at radius 1 is 1.17 bits per heavy atom. The van der Waals surface area contributed by atoms with E-state index in [1.807, 2.05) is 62.1 Å². The highest BCUT2D eigenvalue weighted by molar-refractivity contribution is 6.35. The van der Waals surface area contributed by atoms with E-state index >= 15 is 0 Å². The van der Waals surface area contributed by atoms with Crippen LogP contribution in [0.3, 0.4) is 0 Å². The van der Waals surface area contributed by atoms with Crippen LogP contribution in [0.15, 0.2) is 48.5 Å². The third kappa shape index (κ3) is 8.52. The fourth-order valence-electron chi connectivity index (χ4n) is 5.60. The molecule has 2 atom stereocenters. The summed E-state index contributed by atoms with van der Waals surface area (Å²) in [4.78, 5) is 28.3. The van der Waals surface area contributed by atoms with Gasteiger partial charge in [-0.25, -0.2) is 4.79 Å². The van der Waals surface area contributed by atoms with Crippen LogP contribution in [0.1, 0.15) is 63.6 Å². The number of methoxy groups -OCH3 is 1. The molecule has 2 amide bonds. The zero-order valence-electron chi connectivity index (χ0n) is 24.6. The largest absolute Gasteiger partial charge is 0.444 e. The maximum Gasteiger partial charge on any atom is 0.407 e. The second-order valence-corrected chi connectivity index (χ2v) is 12.3. The van der Waals surface area contributed by atoms with E-state index in [9.17, 15) is 9.59 Å². The number of likely N-dealkylation sites (tertiary alicyclic amines) is 1.